The van der Waals surface area contributed by atoms with Crippen LogP contribution < -0.4 is 10.5 Å². The van der Waals surface area contributed by atoms with E-state index in [1.54, 1.807) is 0 Å². The molecule has 2 heteroatoms. The Kier molecular flexibility index (Phi) is 3.75. The lowest BCUT2D eigenvalue weighted by Crippen LogP contribution is -2.12. The van der Waals surface area contributed by atoms with Gasteiger partial charge in [0, 0.05) is 6.42 Å². The molecular weight excluding hydrogens is 246 g/mol. The monoisotopic (exact) mass is 267 g/mol. The Morgan fingerprint density at radius 1 is 1.10 bits per heavy atom. The maximum absolute atomic E-state index is 6.39. The summed E-state index contributed by atoms with van der Waals surface area (Å²) in [5.74, 6) is 1.01. The van der Waals surface area contributed by atoms with Crippen LogP contribution in [0.4, 0.5) is 0 Å². The smallest absolute Gasteiger partial charge is 0.122 e. The van der Waals surface area contributed by atoms with Gasteiger partial charge in [0.15, 0.2) is 0 Å². The van der Waals surface area contributed by atoms with Crippen LogP contribution in [0.1, 0.15) is 41.6 Å². The molecule has 0 fully saturated rings. The summed E-state index contributed by atoms with van der Waals surface area (Å²) in [4.78, 5) is 0. The van der Waals surface area contributed by atoms with E-state index in [9.17, 15) is 0 Å². The normalized spacial score (nSPS) is 14.7. The summed E-state index contributed by atoms with van der Waals surface area (Å²) in [7, 11) is 0. The van der Waals surface area contributed by atoms with Gasteiger partial charge in [-0.05, 0) is 34.7 Å². The molecule has 3 rings (SSSR count). The molecule has 104 valence electrons. The average Bonchev–Trinajstić information content (AvgIpc) is 2.95. The molecule has 2 aromatic rings. The van der Waals surface area contributed by atoms with E-state index in [0.717, 1.165) is 30.8 Å². The lowest BCUT2D eigenvalue weighted by Gasteiger charge is -2.14. The fourth-order valence-electron chi connectivity index (χ4n) is 2.77. The summed E-state index contributed by atoms with van der Waals surface area (Å²) < 4.78 is 5.54. The fraction of sp³-hybridized carbons (Fsp3) is 0.333. The summed E-state index contributed by atoms with van der Waals surface area (Å²) in [6, 6.07) is 14.9. The molecule has 2 N–H and O–H groups in total. The standard InChI is InChI=1S/C18H21NO/c1-2-3-13-4-6-14(7-5-13)18(19)16-8-9-17-15(12-16)10-11-20-17/h4-9,12,18H,2-3,10-11,19H2,1H3. The quantitative estimate of drug-likeness (QED) is 0.918. The van der Waals surface area contributed by atoms with E-state index in [0.29, 0.717) is 0 Å². The largest absolute Gasteiger partial charge is 0.493 e. The molecule has 0 aromatic heterocycles. The van der Waals surface area contributed by atoms with Gasteiger partial charge in [0.25, 0.3) is 0 Å². The molecular formula is C18H21NO. The van der Waals surface area contributed by atoms with Crippen molar-refractivity contribution < 1.29 is 4.74 Å². The van der Waals surface area contributed by atoms with Gasteiger partial charge in [-0.3, -0.25) is 0 Å². The highest BCUT2D eigenvalue weighted by molar-refractivity contribution is 5.43. The van der Waals surface area contributed by atoms with Crippen LogP contribution in [0.2, 0.25) is 0 Å². The van der Waals surface area contributed by atoms with Crippen LogP contribution in [0.25, 0.3) is 0 Å². The van der Waals surface area contributed by atoms with Gasteiger partial charge >= 0.3 is 0 Å². The van der Waals surface area contributed by atoms with E-state index in [1.165, 1.54) is 23.1 Å². The number of hydrogen-bond acceptors (Lipinski definition) is 2. The number of fused-ring (bicyclic) bond motifs is 1. The van der Waals surface area contributed by atoms with Crippen molar-refractivity contribution in [2.24, 2.45) is 5.73 Å². The van der Waals surface area contributed by atoms with E-state index in [4.69, 9.17) is 10.5 Å². The maximum Gasteiger partial charge on any atom is 0.122 e. The Morgan fingerprint density at radius 2 is 1.85 bits per heavy atom. The molecule has 0 aliphatic carbocycles. The zero-order chi connectivity index (χ0) is 13.9. The lowest BCUT2D eigenvalue weighted by molar-refractivity contribution is 0.357. The number of hydrogen-bond donors (Lipinski definition) is 1. The number of ether oxygens (including phenoxy) is 1. The second kappa shape index (κ2) is 5.68. The second-order valence-corrected chi connectivity index (χ2v) is 5.43. The Labute approximate surface area is 120 Å². The van der Waals surface area contributed by atoms with Gasteiger partial charge in [0.1, 0.15) is 5.75 Å². The molecule has 20 heavy (non-hydrogen) atoms. The average molecular weight is 267 g/mol. The minimum Gasteiger partial charge on any atom is -0.493 e. The molecule has 0 radical (unpaired) electrons. The molecule has 0 saturated heterocycles. The summed E-state index contributed by atoms with van der Waals surface area (Å²) in [6.45, 7) is 2.99. The second-order valence-electron chi connectivity index (χ2n) is 5.43. The first-order chi connectivity index (χ1) is 9.78. The van der Waals surface area contributed by atoms with E-state index in [-0.39, 0.29) is 6.04 Å². The Balaban J connectivity index is 1.82. The minimum absolute atomic E-state index is 0.0587. The fourth-order valence-corrected chi connectivity index (χ4v) is 2.77. The highest BCUT2D eigenvalue weighted by atomic mass is 16.5. The van der Waals surface area contributed by atoms with Crippen LogP contribution in [-0.2, 0) is 12.8 Å². The van der Waals surface area contributed by atoms with Crippen molar-refractivity contribution in [2.75, 3.05) is 6.61 Å². The van der Waals surface area contributed by atoms with Gasteiger partial charge in [-0.25, -0.2) is 0 Å². The maximum atomic E-state index is 6.39. The van der Waals surface area contributed by atoms with Crippen molar-refractivity contribution in [1.82, 2.24) is 0 Å². The van der Waals surface area contributed by atoms with Crippen LogP contribution in [-0.4, -0.2) is 6.61 Å². The Hall–Kier alpha value is -1.80. The van der Waals surface area contributed by atoms with E-state index >= 15 is 0 Å². The molecule has 0 spiro atoms. The molecule has 1 atom stereocenters. The first-order valence-corrected chi connectivity index (χ1v) is 7.38. The third kappa shape index (κ3) is 2.56. The molecule has 2 aromatic carbocycles. The zero-order valence-corrected chi connectivity index (χ0v) is 11.9. The van der Waals surface area contributed by atoms with Crippen molar-refractivity contribution in [3.8, 4) is 5.75 Å². The van der Waals surface area contributed by atoms with Crippen LogP contribution in [0.5, 0.6) is 5.75 Å². The molecule has 1 aliphatic heterocycles. The highest BCUT2D eigenvalue weighted by Gasteiger charge is 2.15. The van der Waals surface area contributed by atoms with Crippen molar-refractivity contribution in [3.63, 3.8) is 0 Å². The first-order valence-electron chi connectivity index (χ1n) is 7.38. The summed E-state index contributed by atoms with van der Waals surface area (Å²) in [6.07, 6.45) is 3.30. The predicted molar refractivity (Wildman–Crippen MR) is 82.1 cm³/mol. The van der Waals surface area contributed by atoms with Crippen molar-refractivity contribution in [1.29, 1.82) is 0 Å². The van der Waals surface area contributed by atoms with E-state index < -0.39 is 0 Å². The summed E-state index contributed by atoms with van der Waals surface area (Å²) in [5.41, 5.74) is 11.4. The third-order valence-electron chi connectivity index (χ3n) is 3.95. The molecule has 1 aliphatic rings. The van der Waals surface area contributed by atoms with Crippen molar-refractivity contribution in [2.45, 2.75) is 32.2 Å². The van der Waals surface area contributed by atoms with Gasteiger partial charge in [-0.15, -0.1) is 0 Å². The van der Waals surface area contributed by atoms with Crippen LogP contribution in [0.3, 0.4) is 0 Å². The lowest BCUT2D eigenvalue weighted by atomic mass is 9.96. The highest BCUT2D eigenvalue weighted by Crippen LogP contribution is 2.29. The number of aryl methyl sites for hydroxylation is 1. The van der Waals surface area contributed by atoms with Crippen molar-refractivity contribution >= 4 is 0 Å². The number of benzene rings is 2. The van der Waals surface area contributed by atoms with Crippen LogP contribution >= 0.6 is 0 Å². The van der Waals surface area contributed by atoms with Crippen LogP contribution in [0.15, 0.2) is 42.5 Å². The van der Waals surface area contributed by atoms with Gasteiger partial charge in [0.05, 0.1) is 12.6 Å². The van der Waals surface area contributed by atoms with Gasteiger partial charge in [0.2, 0.25) is 0 Å². The minimum atomic E-state index is -0.0587. The first kappa shape index (κ1) is 13.2. The zero-order valence-electron chi connectivity index (χ0n) is 11.9. The summed E-state index contributed by atoms with van der Waals surface area (Å²) in [5, 5.41) is 0. The predicted octanol–water partition coefficient (Wildman–Crippen LogP) is 3.62. The van der Waals surface area contributed by atoms with Crippen LogP contribution in [0, 0.1) is 0 Å². The molecule has 2 nitrogen and oxygen atoms in total. The van der Waals surface area contributed by atoms with Gasteiger partial charge in [-0.1, -0.05) is 49.7 Å². The molecule has 0 amide bonds. The summed E-state index contributed by atoms with van der Waals surface area (Å²) >= 11 is 0. The third-order valence-corrected chi connectivity index (χ3v) is 3.95. The van der Waals surface area contributed by atoms with Gasteiger partial charge in [-0.2, -0.15) is 0 Å². The van der Waals surface area contributed by atoms with Crippen molar-refractivity contribution in [3.05, 3.63) is 64.7 Å². The topological polar surface area (TPSA) is 35.2 Å². The SMILES string of the molecule is CCCc1ccc(C(N)c2ccc3c(c2)CCO3)cc1. The van der Waals surface area contributed by atoms with E-state index in [2.05, 4.69) is 43.3 Å². The molecule has 1 unspecified atom stereocenters. The molecule has 0 bridgehead atoms. The molecule has 0 saturated carbocycles. The Bertz CT molecular complexity index is 589. The number of rotatable bonds is 4. The van der Waals surface area contributed by atoms with Gasteiger partial charge < -0.3 is 10.5 Å². The van der Waals surface area contributed by atoms with E-state index in [1.807, 2.05) is 6.07 Å². The Morgan fingerprint density at radius 3 is 2.60 bits per heavy atom. The molecule has 1 heterocycles. The number of nitrogens with two attached hydrogens (primary N) is 1.